The summed E-state index contributed by atoms with van der Waals surface area (Å²) in [6.07, 6.45) is 0. The van der Waals surface area contributed by atoms with Gasteiger partial charge in [-0.3, -0.25) is 0 Å². The first kappa shape index (κ1) is 21.0. The highest BCUT2D eigenvalue weighted by Gasteiger charge is 2.28. The van der Waals surface area contributed by atoms with Crippen LogP contribution in [0.3, 0.4) is 0 Å². The molecule has 4 rings (SSSR count). The van der Waals surface area contributed by atoms with Crippen LogP contribution in [0.25, 0.3) is 0 Å². The minimum absolute atomic E-state index is 0.0371. The first-order valence-electron chi connectivity index (χ1n) is 10.4. The molecule has 2 aliphatic rings. The molecule has 8 nitrogen and oxygen atoms in total. The van der Waals surface area contributed by atoms with Crippen LogP contribution < -0.4 is 9.80 Å². The molecule has 162 valence electrons. The number of morpholine rings is 1. The highest BCUT2D eigenvalue weighted by Crippen LogP contribution is 2.21. The predicted octanol–water partition coefficient (Wildman–Crippen LogP) is 1.58. The van der Waals surface area contributed by atoms with E-state index < -0.39 is 10.0 Å². The number of ether oxygens (including phenoxy) is 1. The molecular formula is C21H29N5O3S. The van der Waals surface area contributed by atoms with Crippen LogP contribution in [-0.4, -0.2) is 75.2 Å². The Morgan fingerprint density at radius 1 is 0.900 bits per heavy atom. The smallest absolute Gasteiger partial charge is 0.227 e. The number of aromatic nitrogens is 2. The minimum atomic E-state index is -3.34. The molecule has 2 aromatic rings. The van der Waals surface area contributed by atoms with E-state index in [4.69, 9.17) is 9.72 Å². The Hall–Kier alpha value is -2.23. The molecule has 1 aromatic carbocycles. The summed E-state index contributed by atoms with van der Waals surface area (Å²) in [5.74, 6) is 1.62. The Morgan fingerprint density at radius 3 is 2.23 bits per heavy atom. The lowest BCUT2D eigenvalue weighted by Gasteiger charge is -2.35. The van der Waals surface area contributed by atoms with Crippen molar-refractivity contribution in [1.29, 1.82) is 0 Å². The van der Waals surface area contributed by atoms with Crippen LogP contribution in [-0.2, 0) is 20.5 Å². The average Bonchev–Trinajstić information content (AvgIpc) is 2.75. The Balaban J connectivity index is 1.41. The second kappa shape index (κ2) is 8.87. The first-order chi connectivity index (χ1) is 14.4. The second-order valence-corrected chi connectivity index (χ2v) is 9.86. The summed E-state index contributed by atoms with van der Waals surface area (Å²) in [4.78, 5) is 13.7. The van der Waals surface area contributed by atoms with E-state index >= 15 is 0 Å². The van der Waals surface area contributed by atoms with Gasteiger partial charge in [0, 0.05) is 51.0 Å². The maximum Gasteiger partial charge on any atom is 0.227 e. The average molecular weight is 432 g/mol. The zero-order valence-electron chi connectivity index (χ0n) is 17.6. The van der Waals surface area contributed by atoms with Crippen molar-refractivity contribution in [2.24, 2.45) is 0 Å². The predicted molar refractivity (Wildman–Crippen MR) is 117 cm³/mol. The van der Waals surface area contributed by atoms with Gasteiger partial charge in [0.1, 0.15) is 5.82 Å². The molecule has 0 radical (unpaired) electrons. The Kier molecular flexibility index (Phi) is 6.21. The number of aryl methyl sites for hydroxylation is 2. The van der Waals surface area contributed by atoms with Crippen LogP contribution in [0.1, 0.15) is 16.8 Å². The molecule has 0 saturated carbocycles. The molecule has 0 atom stereocenters. The number of hydrogen-bond donors (Lipinski definition) is 0. The molecule has 0 unspecified atom stereocenters. The van der Waals surface area contributed by atoms with Crippen LogP contribution in [0.2, 0.25) is 0 Å². The van der Waals surface area contributed by atoms with Gasteiger partial charge in [0.15, 0.2) is 0 Å². The van der Waals surface area contributed by atoms with Gasteiger partial charge in [-0.25, -0.2) is 13.4 Å². The van der Waals surface area contributed by atoms with Crippen LogP contribution in [0, 0.1) is 13.8 Å². The fraction of sp³-hybridized carbons (Fsp3) is 0.524. The molecule has 0 amide bonds. The van der Waals surface area contributed by atoms with Crippen LogP contribution in [0.4, 0.5) is 11.8 Å². The standard InChI is InChI=1S/C21H29N5O3S/c1-17-3-5-19(6-4-17)16-30(27,28)26-9-7-25(8-10-26)21-22-18(2)15-20(23-21)24-11-13-29-14-12-24/h3-6,15H,7-14,16H2,1-2H3. The molecule has 30 heavy (non-hydrogen) atoms. The van der Waals surface area contributed by atoms with E-state index in [9.17, 15) is 8.42 Å². The van der Waals surface area contributed by atoms with E-state index in [2.05, 4.69) is 14.8 Å². The summed E-state index contributed by atoms with van der Waals surface area (Å²) in [7, 11) is -3.34. The van der Waals surface area contributed by atoms with Crippen molar-refractivity contribution in [3.8, 4) is 0 Å². The molecule has 0 aliphatic carbocycles. The number of sulfonamides is 1. The van der Waals surface area contributed by atoms with E-state index in [-0.39, 0.29) is 5.75 Å². The van der Waals surface area contributed by atoms with Crippen molar-refractivity contribution in [3.63, 3.8) is 0 Å². The van der Waals surface area contributed by atoms with Crippen molar-refractivity contribution in [3.05, 3.63) is 47.2 Å². The van der Waals surface area contributed by atoms with Gasteiger partial charge in [-0.15, -0.1) is 0 Å². The molecule has 0 bridgehead atoms. The molecule has 3 heterocycles. The lowest BCUT2D eigenvalue weighted by Crippen LogP contribution is -2.49. The van der Waals surface area contributed by atoms with Crippen molar-refractivity contribution >= 4 is 21.8 Å². The van der Waals surface area contributed by atoms with Crippen molar-refractivity contribution in [1.82, 2.24) is 14.3 Å². The van der Waals surface area contributed by atoms with E-state index in [1.165, 1.54) is 0 Å². The highest BCUT2D eigenvalue weighted by molar-refractivity contribution is 7.88. The number of nitrogens with zero attached hydrogens (tertiary/aromatic N) is 5. The van der Waals surface area contributed by atoms with Gasteiger partial charge >= 0.3 is 0 Å². The van der Waals surface area contributed by atoms with Gasteiger partial charge in [0.2, 0.25) is 16.0 Å². The number of hydrogen-bond acceptors (Lipinski definition) is 7. The summed E-state index contributed by atoms with van der Waals surface area (Å²) < 4.78 is 32.7. The molecule has 2 fully saturated rings. The number of piperazine rings is 1. The summed E-state index contributed by atoms with van der Waals surface area (Å²) in [6.45, 7) is 9.06. The highest BCUT2D eigenvalue weighted by atomic mass is 32.2. The quantitative estimate of drug-likeness (QED) is 0.711. The Morgan fingerprint density at radius 2 is 1.57 bits per heavy atom. The third kappa shape index (κ3) is 4.91. The van der Waals surface area contributed by atoms with Crippen molar-refractivity contribution < 1.29 is 13.2 Å². The summed E-state index contributed by atoms with van der Waals surface area (Å²) in [6, 6.07) is 9.67. The number of benzene rings is 1. The largest absolute Gasteiger partial charge is 0.378 e. The normalized spacial score (nSPS) is 18.6. The van der Waals surface area contributed by atoms with Crippen molar-refractivity contribution in [2.75, 3.05) is 62.3 Å². The van der Waals surface area contributed by atoms with Gasteiger partial charge in [0.05, 0.1) is 19.0 Å². The third-order valence-electron chi connectivity index (χ3n) is 5.55. The molecular weight excluding hydrogens is 402 g/mol. The summed E-state index contributed by atoms with van der Waals surface area (Å²) in [5, 5.41) is 0. The maximum atomic E-state index is 12.9. The molecule has 9 heteroatoms. The van der Waals surface area contributed by atoms with Crippen molar-refractivity contribution in [2.45, 2.75) is 19.6 Å². The lowest BCUT2D eigenvalue weighted by atomic mass is 10.2. The zero-order chi connectivity index (χ0) is 21.1. The lowest BCUT2D eigenvalue weighted by molar-refractivity contribution is 0.122. The van der Waals surface area contributed by atoms with Gasteiger partial charge < -0.3 is 14.5 Å². The fourth-order valence-electron chi connectivity index (χ4n) is 3.78. The van der Waals surface area contributed by atoms with Crippen LogP contribution in [0.5, 0.6) is 0 Å². The van der Waals surface area contributed by atoms with E-state index in [0.29, 0.717) is 45.3 Å². The van der Waals surface area contributed by atoms with Gasteiger partial charge in [-0.05, 0) is 19.4 Å². The molecule has 2 aliphatic heterocycles. The van der Waals surface area contributed by atoms with Crippen LogP contribution >= 0.6 is 0 Å². The van der Waals surface area contributed by atoms with Crippen LogP contribution in [0.15, 0.2) is 30.3 Å². The first-order valence-corrected chi connectivity index (χ1v) is 12.0. The van der Waals surface area contributed by atoms with E-state index in [0.717, 1.165) is 35.7 Å². The number of anilines is 2. The van der Waals surface area contributed by atoms with Gasteiger partial charge in [0.25, 0.3) is 0 Å². The summed E-state index contributed by atoms with van der Waals surface area (Å²) in [5.41, 5.74) is 2.86. The van der Waals surface area contributed by atoms with Gasteiger partial charge in [-0.1, -0.05) is 29.8 Å². The maximum absolute atomic E-state index is 12.9. The summed E-state index contributed by atoms with van der Waals surface area (Å²) >= 11 is 0. The topological polar surface area (TPSA) is 78.9 Å². The molecule has 2 saturated heterocycles. The SMILES string of the molecule is Cc1ccc(CS(=O)(=O)N2CCN(c3nc(C)cc(N4CCOCC4)n3)CC2)cc1. The third-order valence-corrected chi connectivity index (χ3v) is 7.40. The number of rotatable bonds is 5. The minimum Gasteiger partial charge on any atom is -0.378 e. The molecule has 1 aromatic heterocycles. The van der Waals surface area contributed by atoms with E-state index in [1.807, 2.05) is 44.2 Å². The van der Waals surface area contributed by atoms with Gasteiger partial charge in [-0.2, -0.15) is 9.29 Å². The molecule has 0 spiro atoms. The fourth-order valence-corrected chi connectivity index (χ4v) is 5.30. The Bertz CT molecular complexity index is 967. The monoisotopic (exact) mass is 431 g/mol. The van der Waals surface area contributed by atoms with E-state index in [1.54, 1.807) is 4.31 Å². The Labute approximate surface area is 178 Å². The second-order valence-electron chi connectivity index (χ2n) is 7.89. The molecule has 0 N–H and O–H groups in total. The zero-order valence-corrected chi connectivity index (χ0v) is 18.4.